The highest BCUT2D eigenvalue weighted by atomic mass is 16.5. The van der Waals surface area contributed by atoms with E-state index in [0.717, 1.165) is 22.0 Å². The van der Waals surface area contributed by atoms with Crippen LogP contribution in [0.2, 0.25) is 0 Å². The van der Waals surface area contributed by atoms with E-state index in [1.165, 1.54) is 0 Å². The van der Waals surface area contributed by atoms with Gasteiger partial charge in [0.25, 0.3) is 0 Å². The maximum Gasteiger partial charge on any atom is 0.218 e. The molecule has 3 aromatic rings. The minimum absolute atomic E-state index is 0.178. The van der Waals surface area contributed by atoms with Crippen LogP contribution in [0.1, 0.15) is 23.5 Å². The summed E-state index contributed by atoms with van der Waals surface area (Å²) in [6.07, 6.45) is 2.14. The van der Waals surface area contributed by atoms with Crippen LogP contribution in [-0.2, 0) is 4.79 Å². The Morgan fingerprint density at radius 3 is 2.42 bits per heavy atom. The first kappa shape index (κ1) is 15.9. The molecule has 3 N–H and O–H groups in total. The Kier molecular flexibility index (Phi) is 4.42. The molecule has 124 valence electrons. The number of carbonyl (C=O) groups is 1. The molecule has 0 unspecified atom stereocenters. The van der Waals surface area contributed by atoms with Crippen LogP contribution in [0, 0.1) is 0 Å². The first-order chi connectivity index (χ1) is 11.6. The molecule has 0 fully saturated rings. The largest absolute Gasteiger partial charge is 0.497 e. The summed E-state index contributed by atoms with van der Waals surface area (Å²) in [5.74, 6) is 0.826. The number of ether oxygens (including phenoxy) is 2. The van der Waals surface area contributed by atoms with Crippen LogP contribution in [-0.4, -0.2) is 25.1 Å². The van der Waals surface area contributed by atoms with Crippen molar-refractivity contribution in [3.8, 4) is 11.5 Å². The van der Waals surface area contributed by atoms with E-state index in [4.69, 9.17) is 15.2 Å². The molecule has 0 saturated carbocycles. The Morgan fingerprint density at radius 1 is 1.12 bits per heavy atom. The van der Waals surface area contributed by atoms with Crippen LogP contribution in [0.25, 0.3) is 10.9 Å². The standard InChI is InChI=1S/C19H20N2O3/c1-23-13-7-12(8-14(9-13)24-2)16(10-19(20)22)17-11-21-18-6-4-3-5-15(17)18/h3-9,11,16,21H,10H2,1-2H3,(H2,20,22)/t16-/m1/s1. The summed E-state index contributed by atoms with van der Waals surface area (Å²) >= 11 is 0. The molecule has 5 heteroatoms. The fourth-order valence-electron chi connectivity index (χ4n) is 3.02. The molecule has 0 aliphatic rings. The van der Waals surface area contributed by atoms with Crippen LogP contribution in [0.5, 0.6) is 11.5 Å². The summed E-state index contributed by atoms with van der Waals surface area (Å²) < 4.78 is 10.7. The number of aromatic nitrogens is 1. The number of nitrogens with one attached hydrogen (secondary N) is 1. The number of para-hydroxylation sites is 1. The van der Waals surface area contributed by atoms with Crippen molar-refractivity contribution in [3.05, 3.63) is 59.8 Å². The maximum atomic E-state index is 11.7. The Hall–Kier alpha value is -2.95. The van der Waals surface area contributed by atoms with Crippen LogP contribution in [0.15, 0.2) is 48.7 Å². The second-order valence-electron chi connectivity index (χ2n) is 5.66. The van der Waals surface area contributed by atoms with E-state index in [1.54, 1.807) is 20.3 Å². The van der Waals surface area contributed by atoms with Gasteiger partial charge in [0.05, 0.1) is 14.2 Å². The first-order valence-corrected chi connectivity index (χ1v) is 7.69. The van der Waals surface area contributed by atoms with Gasteiger partial charge >= 0.3 is 0 Å². The summed E-state index contributed by atoms with van der Waals surface area (Å²) in [6, 6.07) is 13.6. The molecule has 1 aromatic heterocycles. The number of rotatable bonds is 6. The molecule has 1 atom stereocenters. The van der Waals surface area contributed by atoms with Gasteiger partial charge in [0, 0.05) is 35.5 Å². The lowest BCUT2D eigenvalue weighted by Gasteiger charge is -2.18. The van der Waals surface area contributed by atoms with E-state index in [0.29, 0.717) is 11.5 Å². The minimum atomic E-state index is -0.355. The van der Waals surface area contributed by atoms with Crippen molar-refractivity contribution in [2.75, 3.05) is 14.2 Å². The van der Waals surface area contributed by atoms with Crippen molar-refractivity contribution in [1.82, 2.24) is 4.98 Å². The average Bonchev–Trinajstić information content (AvgIpc) is 3.02. The van der Waals surface area contributed by atoms with Gasteiger partial charge in [-0.3, -0.25) is 4.79 Å². The van der Waals surface area contributed by atoms with Crippen LogP contribution >= 0.6 is 0 Å². The average molecular weight is 324 g/mol. The molecule has 1 heterocycles. The number of hydrogen-bond acceptors (Lipinski definition) is 3. The van der Waals surface area contributed by atoms with E-state index in [-0.39, 0.29) is 18.2 Å². The predicted octanol–water partition coefficient (Wildman–Crippen LogP) is 3.19. The monoisotopic (exact) mass is 324 g/mol. The van der Waals surface area contributed by atoms with Gasteiger partial charge in [-0.1, -0.05) is 18.2 Å². The first-order valence-electron chi connectivity index (χ1n) is 7.69. The van der Waals surface area contributed by atoms with Gasteiger partial charge in [-0.25, -0.2) is 0 Å². The molecule has 0 saturated heterocycles. The smallest absolute Gasteiger partial charge is 0.218 e. The summed E-state index contributed by atoms with van der Waals surface area (Å²) in [7, 11) is 3.21. The minimum Gasteiger partial charge on any atom is -0.497 e. The Labute approximate surface area is 140 Å². The quantitative estimate of drug-likeness (QED) is 0.731. The third-order valence-corrected chi connectivity index (χ3v) is 4.18. The molecule has 0 spiro atoms. The summed E-state index contributed by atoms with van der Waals surface area (Å²) in [5.41, 5.74) is 8.49. The van der Waals surface area contributed by atoms with Gasteiger partial charge in [-0.2, -0.15) is 0 Å². The van der Waals surface area contributed by atoms with E-state index >= 15 is 0 Å². The van der Waals surface area contributed by atoms with Crippen molar-refractivity contribution in [2.45, 2.75) is 12.3 Å². The molecule has 0 aliphatic heterocycles. The lowest BCUT2D eigenvalue weighted by molar-refractivity contribution is -0.118. The van der Waals surface area contributed by atoms with Crippen LogP contribution in [0.4, 0.5) is 0 Å². The molecule has 0 aliphatic carbocycles. The van der Waals surface area contributed by atoms with Gasteiger partial charge in [0.2, 0.25) is 5.91 Å². The molecule has 2 aromatic carbocycles. The number of benzene rings is 2. The number of fused-ring (bicyclic) bond motifs is 1. The lowest BCUT2D eigenvalue weighted by Crippen LogP contribution is -2.16. The number of H-pyrrole nitrogens is 1. The molecule has 0 bridgehead atoms. The van der Waals surface area contributed by atoms with E-state index in [1.807, 2.05) is 42.6 Å². The Bertz CT molecular complexity index is 848. The molecular formula is C19H20N2O3. The SMILES string of the molecule is COc1cc(OC)cc([C@@H](CC(N)=O)c2c[nH]c3ccccc23)c1. The Balaban J connectivity index is 2.15. The van der Waals surface area contributed by atoms with Crippen LogP contribution < -0.4 is 15.2 Å². The number of carbonyl (C=O) groups excluding carboxylic acids is 1. The summed E-state index contributed by atoms with van der Waals surface area (Å²) in [6.45, 7) is 0. The van der Waals surface area contributed by atoms with Gasteiger partial charge in [0.15, 0.2) is 0 Å². The summed E-state index contributed by atoms with van der Waals surface area (Å²) in [4.78, 5) is 14.9. The zero-order valence-electron chi connectivity index (χ0n) is 13.7. The second kappa shape index (κ2) is 6.66. The number of hydrogen-bond donors (Lipinski definition) is 2. The topological polar surface area (TPSA) is 77.3 Å². The van der Waals surface area contributed by atoms with Crippen molar-refractivity contribution in [2.24, 2.45) is 5.73 Å². The van der Waals surface area contributed by atoms with Gasteiger partial charge in [0.1, 0.15) is 11.5 Å². The van der Waals surface area contributed by atoms with Crippen molar-refractivity contribution in [3.63, 3.8) is 0 Å². The third-order valence-electron chi connectivity index (χ3n) is 4.18. The van der Waals surface area contributed by atoms with Crippen molar-refractivity contribution >= 4 is 16.8 Å². The van der Waals surface area contributed by atoms with E-state index in [2.05, 4.69) is 4.98 Å². The normalized spacial score (nSPS) is 12.1. The third kappa shape index (κ3) is 3.06. The Morgan fingerprint density at radius 2 is 1.79 bits per heavy atom. The molecule has 5 nitrogen and oxygen atoms in total. The number of methoxy groups -OCH3 is 2. The van der Waals surface area contributed by atoms with Crippen molar-refractivity contribution in [1.29, 1.82) is 0 Å². The van der Waals surface area contributed by atoms with Gasteiger partial charge < -0.3 is 20.2 Å². The zero-order valence-corrected chi connectivity index (χ0v) is 13.7. The molecular weight excluding hydrogens is 304 g/mol. The number of nitrogens with two attached hydrogens (primary N) is 1. The number of primary amides is 1. The number of amides is 1. The van der Waals surface area contributed by atoms with E-state index in [9.17, 15) is 4.79 Å². The van der Waals surface area contributed by atoms with Gasteiger partial charge in [-0.15, -0.1) is 0 Å². The van der Waals surface area contributed by atoms with E-state index < -0.39 is 0 Å². The van der Waals surface area contributed by atoms with Crippen LogP contribution in [0.3, 0.4) is 0 Å². The fraction of sp³-hybridized carbons (Fsp3) is 0.211. The van der Waals surface area contributed by atoms with Crippen molar-refractivity contribution < 1.29 is 14.3 Å². The predicted molar refractivity (Wildman–Crippen MR) is 93.5 cm³/mol. The highest BCUT2D eigenvalue weighted by molar-refractivity contribution is 5.85. The second-order valence-corrected chi connectivity index (χ2v) is 5.66. The maximum absolute atomic E-state index is 11.7. The molecule has 3 rings (SSSR count). The highest BCUT2D eigenvalue weighted by Crippen LogP contribution is 2.36. The fourth-order valence-corrected chi connectivity index (χ4v) is 3.02. The highest BCUT2D eigenvalue weighted by Gasteiger charge is 2.21. The lowest BCUT2D eigenvalue weighted by atomic mass is 9.87. The number of aromatic amines is 1. The molecule has 24 heavy (non-hydrogen) atoms. The van der Waals surface area contributed by atoms with Gasteiger partial charge in [-0.05, 0) is 29.3 Å². The zero-order chi connectivity index (χ0) is 17.1. The molecule has 0 radical (unpaired) electrons. The summed E-state index contributed by atoms with van der Waals surface area (Å²) in [5, 5.41) is 1.07. The molecule has 1 amide bonds.